The first-order valence-electron chi connectivity index (χ1n) is 6.83. The van der Waals surface area contributed by atoms with Crippen LogP contribution >= 0.6 is 0 Å². The third kappa shape index (κ3) is 2.55. The summed E-state index contributed by atoms with van der Waals surface area (Å²) in [5.74, 6) is 0.0506. The Balaban J connectivity index is 2.09. The zero-order valence-corrected chi connectivity index (χ0v) is 12.7. The van der Waals surface area contributed by atoms with E-state index in [9.17, 15) is 9.59 Å². The minimum Gasteiger partial charge on any atom is -0.444 e. The molecule has 2 aliphatic rings. The van der Waals surface area contributed by atoms with Crippen molar-refractivity contribution in [2.75, 3.05) is 6.54 Å². The second-order valence-corrected chi connectivity index (χ2v) is 7.42. The highest BCUT2D eigenvalue weighted by Gasteiger charge is 2.54. The van der Waals surface area contributed by atoms with E-state index in [1.807, 2.05) is 46.4 Å². The number of fused-ring (bicyclic) bond motifs is 2. The summed E-state index contributed by atoms with van der Waals surface area (Å²) in [4.78, 5) is 28.0. The van der Waals surface area contributed by atoms with Crippen LogP contribution in [-0.2, 0) is 9.53 Å². The molecule has 19 heavy (non-hydrogen) atoms. The van der Waals surface area contributed by atoms with Gasteiger partial charge in [0.15, 0.2) is 0 Å². The summed E-state index contributed by atoms with van der Waals surface area (Å²) in [6.45, 7) is 12.2. The van der Waals surface area contributed by atoms with Crippen LogP contribution in [0.15, 0.2) is 0 Å². The lowest BCUT2D eigenvalue weighted by molar-refractivity contribution is -0.141. The van der Waals surface area contributed by atoms with E-state index in [1.165, 1.54) is 0 Å². The molecule has 2 fully saturated rings. The normalized spacial score (nSPS) is 27.2. The van der Waals surface area contributed by atoms with Crippen LogP contribution in [0.5, 0.6) is 0 Å². The van der Waals surface area contributed by atoms with Crippen LogP contribution < -0.4 is 0 Å². The van der Waals surface area contributed by atoms with Gasteiger partial charge in [0.2, 0.25) is 5.91 Å². The molecule has 0 unspecified atom stereocenters. The molecule has 108 valence electrons. The van der Waals surface area contributed by atoms with Crippen LogP contribution in [0, 0.1) is 0 Å². The van der Waals surface area contributed by atoms with Crippen molar-refractivity contribution in [3.63, 3.8) is 0 Å². The summed E-state index contributed by atoms with van der Waals surface area (Å²) in [5, 5.41) is 0. The zero-order valence-electron chi connectivity index (χ0n) is 12.7. The van der Waals surface area contributed by atoms with Crippen molar-refractivity contribution in [1.82, 2.24) is 9.80 Å². The molecule has 2 heterocycles. The summed E-state index contributed by atoms with van der Waals surface area (Å²) in [6.07, 6.45) is 0.358. The molecule has 2 rings (SSSR count). The second-order valence-electron chi connectivity index (χ2n) is 7.42. The molecule has 0 N–H and O–H groups in total. The van der Waals surface area contributed by atoms with Crippen LogP contribution in [0.4, 0.5) is 4.79 Å². The third-order valence-electron chi connectivity index (χ3n) is 3.52. The van der Waals surface area contributed by atoms with Crippen LogP contribution in [-0.4, -0.2) is 51.6 Å². The largest absolute Gasteiger partial charge is 0.444 e. The molecule has 2 aliphatic heterocycles. The van der Waals surface area contributed by atoms with Crippen molar-refractivity contribution in [3.05, 3.63) is 0 Å². The third-order valence-corrected chi connectivity index (χ3v) is 3.52. The van der Waals surface area contributed by atoms with E-state index >= 15 is 0 Å². The maximum atomic E-state index is 12.4. The van der Waals surface area contributed by atoms with Gasteiger partial charge in [-0.1, -0.05) is 0 Å². The Bertz CT molecular complexity index is 406. The number of ether oxygens (including phenoxy) is 1. The van der Waals surface area contributed by atoms with Gasteiger partial charge in [0.1, 0.15) is 11.6 Å². The molecule has 0 aromatic rings. The van der Waals surface area contributed by atoms with Crippen LogP contribution in [0.3, 0.4) is 0 Å². The molecule has 0 aromatic carbocycles. The Morgan fingerprint density at radius 1 is 1.21 bits per heavy atom. The Kier molecular flexibility index (Phi) is 3.07. The monoisotopic (exact) mass is 268 g/mol. The van der Waals surface area contributed by atoms with Gasteiger partial charge < -0.3 is 9.64 Å². The summed E-state index contributed by atoms with van der Waals surface area (Å²) in [5.41, 5.74) is -0.706. The van der Waals surface area contributed by atoms with Crippen molar-refractivity contribution < 1.29 is 14.3 Å². The Morgan fingerprint density at radius 3 is 2.21 bits per heavy atom. The van der Waals surface area contributed by atoms with Crippen LogP contribution in [0.25, 0.3) is 0 Å². The quantitative estimate of drug-likeness (QED) is 0.675. The van der Waals surface area contributed by atoms with Crippen LogP contribution in [0.2, 0.25) is 0 Å². The topological polar surface area (TPSA) is 49.9 Å². The van der Waals surface area contributed by atoms with E-state index in [-0.39, 0.29) is 29.6 Å². The molecule has 2 atom stereocenters. The molecular weight excluding hydrogens is 244 g/mol. The summed E-state index contributed by atoms with van der Waals surface area (Å²) < 4.78 is 5.36. The number of amides is 2. The fourth-order valence-electron chi connectivity index (χ4n) is 2.98. The lowest BCUT2D eigenvalue weighted by Crippen LogP contribution is -2.58. The van der Waals surface area contributed by atoms with Gasteiger partial charge in [0.25, 0.3) is 0 Å². The van der Waals surface area contributed by atoms with Gasteiger partial charge in [-0.3, -0.25) is 9.69 Å². The van der Waals surface area contributed by atoms with Crippen molar-refractivity contribution in [2.45, 2.75) is 71.2 Å². The smallest absolute Gasteiger partial charge is 0.411 e. The van der Waals surface area contributed by atoms with Gasteiger partial charge in [0, 0.05) is 12.1 Å². The van der Waals surface area contributed by atoms with Gasteiger partial charge in [-0.25, -0.2) is 4.79 Å². The molecule has 0 aromatic heterocycles. The molecular formula is C14H24N2O3. The summed E-state index contributed by atoms with van der Waals surface area (Å²) in [7, 11) is 0. The van der Waals surface area contributed by atoms with E-state index in [0.717, 1.165) is 6.42 Å². The number of piperazine rings is 1. The number of hydrogen-bond donors (Lipinski definition) is 0. The number of rotatable bonds is 0. The molecule has 2 bridgehead atoms. The maximum absolute atomic E-state index is 12.4. The minimum atomic E-state index is -0.522. The molecule has 0 radical (unpaired) electrons. The summed E-state index contributed by atoms with van der Waals surface area (Å²) >= 11 is 0. The van der Waals surface area contributed by atoms with E-state index in [1.54, 1.807) is 4.90 Å². The van der Waals surface area contributed by atoms with E-state index in [0.29, 0.717) is 6.54 Å². The van der Waals surface area contributed by atoms with Crippen LogP contribution in [0.1, 0.15) is 48.0 Å². The molecule has 0 aliphatic carbocycles. The first-order chi connectivity index (χ1) is 8.50. The van der Waals surface area contributed by atoms with E-state index in [2.05, 4.69) is 0 Å². The van der Waals surface area contributed by atoms with E-state index < -0.39 is 5.60 Å². The van der Waals surface area contributed by atoms with Gasteiger partial charge in [-0.15, -0.1) is 0 Å². The maximum Gasteiger partial charge on any atom is 0.411 e. The number of nitrogens with zero attached hydrogens (tertiary/aromatic N) is 2. The number of hydrogen-bond acceptors (Lipinski definition) is 3. The highest BCUT2D eigenvalue weighted by Crippen LogP contribution is 2.37. The number of likely N-dealkylation sites (tertiary alicyclic amines) is 2. The summed E-state index contributed by atoms with van der Waals surface area (Å²) in [6, 6.07) is -0.205. The molecule has 2 saturated heterocycles. The highest BCUT2D eigenvalue weighted by atomic mass is 16.6. The second kappa shape index (κ2) is 4.12. The van der Waals surface area contributed by atoms with Crippen molar-refractivity contribution in [1.29, 1.82) is 0 Å². The van der Waals surface area contributed by atoms with Crippen molar-refractivity contribution in [2.24, 2.45) is 0 Å². The zero-order chi connectivity index (χ0) is 14.6. The first-order valence-corrected chi connectivity index (χ1v) is 6.83. The van der Waals surface area contributed by atoms with Gasteiger partial charge in [0.05, 0.1) is 6.04 Å². The lowest BCUT2D eigenvalue weighted by Gasteiger charge is -2.41. The number of carbonyl (C=O) groups is 2. The Hall–Kier alpha value is -1.26. The highest BCUT2D eigenvalue weighted by molar-refractivity contribution is 5.90. The van der Waals surface area contributed by atoms with Crippen molar-refractivity contribution in [3.8, 4) is 0 Å². The molecule has 5 heteroatoms. The fraction of sp³-hybridized carbons (Fsp3) is 0.857. The first kappa shape index (κ1) is 14.2. The minimum absolute atomic E-state index is 0.0506. The Morgan fingerprint density at radius 2 is 1.79 bits per heavy atom. The van der Waals surface area contributed by atoms with Gasteiger partial charge >= 0.3 is 6.09 Å². The predicted octanol–water partition coefficient (Wildman–Crippen LogP) is 2.01. The van der Waals surface area contributed by atoms with E-state index in [4.69, 9.17) is 4.74 Å². The average Bonchev–Trinajstić information content (AvgIpc) is 2.69. The van der Waals surface area contributed by atoms with Gasteiger partial charge in [-0.05, 0) is 48.0 Å². The molecule has 0 spiro atoms. The SMILES string of the molecule is CC(C)(C)OC(=O)N1C[C@@H]2C[C@H]1C(=O)N2C(C)(C)C. The molecule has 0 saturated carbocycles. The molecule has 5 nitrogen and oxygen atoms in total. The molecule has 2 amide bonds. The predicted molar refractivity (Wildman–Crippen MR) is 71.7 cm³/mol. The standard InChI is InChI=1S/C14H24N2O3/c1-13(2,3)16-9-7-10(11(16)17)15(8-9)12(18)19-14(4,5)6/h9-10H,7-8H2,1-6H3/t9-,10-/m0/s1. The number of carbonyl (C=O) groups excluding carboxylic acids is 2. The Labute approximate surface area is 114 Å². The lowest BCUT2D eigenvalue weighted by atomic mass is 10.0. The average molecular weight is 268 g/mol. The van der Waals surface area contributed by atoms with Gasteiger partial charge in [-0.2, -0.15) is 0 Å². The van der Waals surface area contributed by atoms with Crippen molar-refractivity contribution >= 4 is 12.0 Å². The fourth-order valence-corrected chi connectivity index (χ4v) is 2.98.